The van der Waals surface area contributed by atoms with Gasteiger partial charge in [-0.05, 0) is 47.0 Å². The third-order valence-corrected chi connectivity index (χ3v) is 5.79. The summed E-state index contributed by atoms with van der Waals surface area (Å²) in [6, 6.07) is 25.9. The maximum atomic E-state index is 12.9. The Kier molecular flexibility index (Phi) is 6.89. The lowest BCUT2D eigenvalue weighted by Crippen LogP contribution is -2.30. The molecule has 2 aromatic heterocycles. The molecule has 0 aliphatic carbocycles. The molecule has 0 bridgehead atoms. The molecule has 10 heteroatoms. The van der Waals surface area contributed by atoms with Crippen LogP contribution in [0.15, 0.2) is 102 Å². The van der Waals surface area contributed by atoms with Gasteiger partial charge in [-0.15, -0.1) is 18.3 Å². The highest BCUT2D eigenvalue weighted by Gasteiger charge is 2.31. The lowest BCUT2D eigenvalue weighted by molar-refractivity contribution is -0.274. The molecule has 0 spiro atoms. The predicted octanol–water partition coefficient (Wildman–Crippen LogP) is 5.17. The van der Waals surface area contributed by atoms with Crippen LogP contribution in [0.1, 0.15) is 0 Å². The Labute approximate surface area is 214 Å². The molecule has 0 saturated heterocycles. The second kappa shape index (κ2) is 10.4. The number of benzene rings is 3. The molecule has 0 saturated carbocycles. The number of nitrogens with zero attached hydrogens (tertiary/aromatic N) is 3. The van der Waals surface area contributed by atoms with Crippen molar-refractivity contribution in [3.05, 3.63) is 108 Å². The number of aliphatic hydroxyl groups is 1. The van der Waals surface area contributed by atoms with Gasteiger partial charge >= 0.3 is 12.1 Å². The van der Waals surface area contributed by atoms with E-state index in [0.29, 0.717) is 22.5 Å². The fourth-order valence-electron chi connectivity index (χ4n) is 4.04. The van der Waals surface area contributed by atoms with Crippen molar-refractivity contribution in [2.75, 3.05) is 6.61 Å². The number of rotatable bonds is 8. The van der Waals surface area contributed by atoms with E-state index in [4.69, 9.17) is 4.74 Å². The van der Waals surface area contributed by atoms with Crippen LogP contribution in [0.25, 0.3) is 27.9 Å². The molecule has 38 heavy (non-hydrogen) atoms. The Morgan fingerprint density at radius 2 is 1.53 bits per heavy atom. The quantitative estimate of drug-likeness (QED) is 0.305. The molecular formula is C28H22F3N3O4. The number of hydrogen-bond acceptors (Lipinski definition) is 5. The molecule has 0 amide bonds. The van der Waals surface area contributed by atoms with Crippen molar-refractivity contribution < 1.29 is 27.8 Å². The first-order valence-corrected chi connectivity index (χ1v) is 11.7. The highest BCUT2D eigenvalue weighted by Crippen LogP contribution is 2.30. The third-order valence-electron chi connectivity index (χ3n) is 5.79. The molecular weight excluding hydrogens is 499 g/mol. The number of halogens is 3. The Morgan fingerprint density at radius 3 is 2.26 bits per heavy atom. The van der Waals surface area contributed by atoms with Gasteiger partial charge in [0, 0.05) is 11.8 Å². The summed E-state index contributed by atoms with van der Waals surface area (Å²) in [7, 11) is 0. The molecule has 1 atom stereocenters. The van der Waals surface area contributed by atoms with E-state index < -0.39 is 18.2 Å². The van der Waals surface area contributed by atoms with Crippen molar-refractivity contribution in [1.82, 2.24) is 14.2 Å². The summed E-state index contributed by atoms with van der Waals surface area (Å²) in [5, 5.41) is 14.9. The molecule has 0 aliphatic rings. The minimum Gasteiger partial charge on any atom is -0.490 e. The van der Waals surface area contributed by atoms with Gasteiger partial charge in [0.2, 0.25) is 0 Å². The first-order valence-electron chi connectivity index (χ1n) is 11.7. The topological polar surface area (TPSA) is 78.0 Å². The van der Waals surface area contributed by atoms with Gasteiger partial charge in [-0.3, -0.25) is 0 Å². The van der Waals surface area contributed by atoms with Crippen molar-refractivity contribution in [3.63, 3.8) is 0 Å². The number of para-hydroxylation sites is 1. The van der Waals surface area contributed by atoms with E-state index in [-0.39, 0.29) is 18.9 Å². The molecule has 194 valence electrons. The molecule has 3 aromatic carbocycles. The van der Waals surface area contributed by atoms with Crippen molar-refractivity contribution in [2.45, 2.75) is 19.0 Å². The van der Waals surface area contributed by atoms with Crippen LogP contribution >= 0.6 is 0 Å². The van der Waals surface area contributed by atoms with Crippen LogP contribution in [0, 0.1) is 0 Å². The Balaban J connectivity index is 1.29. The minimum absolute atomic E-state index is 0.0538. The number of aliphatic hydroxyl groups excluding tert-OH is 1. The molecule has 0 radical (unpaired) electrons. The van der Waals surface area contributed by atoms with Crippen molar-refractivity contribution in [2.24, 2.45) is 0 Å². The molecule has 0 aliphatic heterocycles. The monoisotopic (exact) mass is 521 g/mol. The molecule has 5 rings (SSSR count). The Morgan fingerprint density at radius 1 is 0.842 bits per heavy atom. The summed E-state index contributed by atoms with van der Waals surface area (Å²) in [6.07, 6.45) is -4.25. The highest BCUT2D eigenvalue weighted by molar-refractivity contribution is 5.70. The van der Waals surface area contributed by atoms with Crippen LogP contribution in [-0.2, 0) is 6.54 Å². The van der Waals surface area contributed by atoms with Crippen molar-refractivity contribution in [1.29, 1.82) is 0 Å². The van der Waals surface area contributed by atoms with E-state index in [1.165, 1.54) is 28.7 Å². The zero-order valence-electron chi connectivity index (χ0n) is 19.9. The van der Waals surface area contributed by atoms with E-state index in [0.717, 1.165) is 15.8 Å². The second-order valence-electron chi connectivity index (χ2n) is 8.51. The number of alkyl halides is 3. The van der Waals surface area contributed by atoms with Crippen LogP contribution in [0.4, 0.5) is 13.2 Å². The number of fused-ring (bicyclic) bond motifs is 1. The first kappa shape index (κ1) is 25.1. The SMILES string of the molecule is O=c1n(CC(O)COc2ccccc2-c2ccccc2)nc2ccc(-c3ccc(OC(F)(F)F)cc3)cn12. The summed E-state index contributed by atoms with van der Waals surface area (Å²) in [4.78, 5) is 12.9. The zero-order chi connectivity index (χ0) is 26.7. The Bertz CT molecular complexity index is 1600. The average molecular weight is 521 g/mol. The first-order chi connectivity index (χ1) is 18.3. The van der Waals surface area contributed by atoms with Gasteiger partial charge < -0.3 is 14.6 Å². The van der Waals surface area contributed by atoms with Gasteiger partial charge in [0.05, 0.1) is 6.54 Å². The van der Waals surface area contributed by atoms with Crippen LogP contribution in [0.5, 0.6) is 11.5 Å². The van der Waals surface area contributed by atoms with Gasteiger partial charge in [0.15, 0.2) is 5.65 Å². The summed E-state index contributed by atoms with van der Waals surface area (Å²) in [6.45, 7) is -0.144. The molecule has 2 heterocycles. The maximum Gasteiger partial charge on any atom is 0.573 e. The van der Waals surface area contributed by atoms with Gasteiger partial charge in [-0.2, -0.15) is 0 Å². The summed E-state index contributed by atoms with van der Waals surface area (Å²) < 4.78 is 49.4. The van der Waals surface area contributed by atoms with E-state index in [1.807, 2.05) is 54.6 Å². The van der Waals surface area contributed by atoms with E-state index in [1.54, 1.807) is 18.3 Å². The molecule has 7 nitrogen and oxygen atoms in total. The van der Waals surface area contributed by atoms with Gasteiger partial charge in [-0.25, -0.2) is 13.9 Å². The molecule has 0 fully saturated rings. The number of hydrogen-bond donors (Lipinski definition) is 1. The van der Waals surface area contributed by atoms with Crippen LogP contribution < -0.4 is 15.2 Å². The Hall–Kier alpha value is -4.57. The van der Waals surface area contributed by atoms with Gasteiger partial charge in [-0.1, -0.05) is 60.7 Å². The van der Waals surface area contributed by atoms with Gasteiger partial charge in [0.1, 0.15) is 24.2 Å². The van der Waals surface area contributed by atoms with Crippen LogP contribution in [-0.4, -0.2) is 38.4 Å². The van der Waals surface area contributed by atoms with Crippen LogP contribution in [0.3, 0.4) is 0 Å². The largest absolute Gasteiger partial charge is 0.573 e. The lowest BCUT2D eigenvalue weighted by Gasteiger charge is -2.15. The van der Waals surface area contributed by atoms with E-state index in [2.05, 4.69) is 9.84 Å². The maximum absolute atomic E-state index is 12.9. The number of ether oxygens (including phenoxy) is 2. The molecule has 1 unspecified atom stereocenters. The minimum atomic E-state index is -4.77. The second-order valence-corrected chi connectivity index (χ2v) is 8.51. The normalized spacial score (nSPS) is 12.4. The smallest absolute Gasteiger partial charge is 0.490 e. The molecule has 1 N–H and O–H groups in total. The highest BCUT2D eigenvalue weighted by atomic mass is 19.4. The lowest BCUT2D eigenvalue weighted by atomic mass is 10.1. The van der Waals surface area contributed by atoms with E-state index in [9.17, 15) is 23.1 Å². The van der Waals surface area contributed by atoms with Gasteiger partial charge in [0.25, 0.3) is 0 Å². The predicted molar refractivity (Wildman–Crippen MR) is 135 cm³/mol. The molecule has 5 aromatic rings. The van der Waals surface area contributed by atoms with Crippen molar-refractivity contribution in [3.8, 4) is 33.8 Å². The summed E-state index contributed by atoms with van der Waals surface area (Å²) >= 11 is 0. The third kappa shape index (κ3) is 5.70. The van der Waals surface area contributed by atoms with Crippen LogP contribution in [0.2, 0.25) is 0 Å². The number of pyridine rings is 1. The summed E-state index contributed by atoms with van der Waals surface area (Å²) in [5.41, 5.74) is 2.94. The summed E-state index contributed by atoms with van der Waals surface area (Å²) in [5.74, 6) is 0.270. The number of aromatic nitrogens is 3. The zero-order valence-corrected chi connectivity index (χ0v) is 19.9. The average Bonchev–Trinajstić information content (AvgIpc) is 3.22. The standard InChI is InChI=1S/C28H22F3N3O4/c29-28(30,31)38-23-13-10-19(11-14-23)21-12-15-26-32-34(27(36)33(26)16-21)17-22(35)18-37-25-9-5-4-8-24(25)20-6-2-1-3-7-20/h1-16,22,35H,17-18H2. The van der Waals surface area contributed by atoms with Crippen molar-refractivity contribution >= 4 is 5.65 Å². The van der Waals surface area contributed by atoms with E-state index >= 15 is 0 Å². The fourth-order valence-corrected chi connectivity index (χ4v) is 4.04. The fraction of sp³-hybridized carbons (Fsp3) is 0.143.